The molecular weight excluding hydrogens is 376 g/mol. The largest absolute Gasteiger partial charge is 0.351 e. The van der Waals surface area contributed by atoms with Gasteiger partial charge in [-0.05, 0) is 24.6 Å². The molecule has 0 saturated carbocycles. The lowest BCUT2D eigenvalue weighted by Gasteiger charge is -2.12. The molecule has 27 heavy (non-hydrogen) atoms. The van der Waals surface area contributed by atoms with Gasteiger partial charge in [-0.25, -0.2) is 0 Å². The van der Waals surface area contributed by atoms with Crippen molar-refractivity contribution in [3.63, 3.8) is 0 Å². The summed E-state index contributed by atoms with van der Waals surface area (Å²) in [4.78, 5) is 26.7. The van der Waals surface area contributed by atoms with Crippen molar-refractivity contribution < 1.29 is 9.59 Å². The van der Waals surface area contributed by atoms with Crippen LogP contribution in [0.1, 0.15) is 21.5 Å². The SMILES string of the molecule is Cc1ccc(CSCCNC(=O)c2ccccc2SCC(=O)N(C)C)cc1. The summed E-state index contributed by atoms with van der Waals surface area (Å²) < 4.78 is 0. The second-order valence-electron chi connectivity index (χ2n) is 6.37. The first kappa shape index (κ1) is 21.4. The molecule has 2 rings (SSSR count). The monoisotopic (exact) mass is 402 g/mol. The van der Waals surface area contributed by atoms with E-state index in [4.69, 9.17) is 0 Å². The Hall–Kier alpha value is -1.92. The summed E-state index contributed by atoms with van der Waals surface area (Å²) in [6, 6.07) is 15.9. The van der Waals surface area contributed by atoms with Gasteiger partial charge in [0.25, 0.3) is 5.91 Å². The van der Waals surface area contributed by atoms with E-state index in [-0.39, 0.29) is 11.8 Å². The highest BCUT2D eigenvalue weighted by Gasteiger charge is 2.13. The molecule has 0 fully saturated rings. The van der Waals surface area contributed by atoms with Crippen LogP contribution in [0.25, 0.3) is 0 Å². The number of hydrogen-bond donors (Lipinski definition) is 1. The Bertz CT molecular complexity index is 761. The maximum atomic E-state index is 12.5. The average molecular weight is 403 g/mol. The highest BCUT2D eigenvalue weighted by atomic mass is 32.2. The number of amides is 2. The zero-order valence-corrected chi connectivity index (χ0v) is 17.7. The number of nitrogens with zero attached hydrogens (tertiary/aromatic N) is 1. The predicted molar refractivity (Wildman–Crippen MR) is 116 cm³/mol. The van der Waals surface area contributed by atoms with Crippen molar-refractivity contribution in [1.29, 1.82) is 0 Å². The van der Waals surface area contributed by atoms with Crippen molar-refractivity contribution in [2.45, 2.75) is 17.6 Å². The second-order valence-corrected chi connectivity index (χ2v) is 8.49. The Morgan fingerprint density at radius 1 is 1.04 bits per heavy atom. The van der Waals surface area contributed by atoms with Crippen LogP contribution < -0.4 is 5.32 Å². The molecule has 144 valence electrons. The van der Waals surface area contributed by atoms with Crippen LogP contribution in [0.4, 0.5) is 0 Å². The summed E-state index contributed by atoms with van der Waals surface area (Å²) in [6.07, 6.45) is 0. The first-order valence-electron chi connectivity index (χ1n) is 8.81. The highest BCUT2D eigenvalue weighted by molar-refractivity contribution is 8.00. The topological polar surface area (TPSA) is 49.4 Å². The Kier molecular flexibility index (Phi) is 8.75. The first-order valence-corrected chi connectivity index (χ1v) is 10.9. The number of aryl methyl sites for hydroxylation is 1. The standard InChI is InChI=1S/C21H26N2O2S2/c1-16-8-10-17(11-9-16)14-26-13-12-22-21(25)18-6-4-5-7-19(18)27-15-20(24)23(2)3/h4-11H,12-15H2,1-3H3,(H,22,25). The van der Waals surface area contributed by atoms with E-state index in [1.165, 1.54) is 22.9 Å². The molecule has 1 N–H and O–H groups in total. The van der Waals surface area contributed by atoms with Gasteiger partial charge in [0.2, 0.25) is 5.91 Å². The zero-order chi connectivity index (χ0) is 19.6. The number of carbonyl (C=O) groups excluding carboxylic acids is 2. The van der Waals surface area contributed by atoms with E-state index >= 15 is 0 Å². The average Bonchev–Trinajstić information content (AvgIpc) is 2.67. The van der Waals surface area contributed by atoms with Gasteiger partial charge in [0.1, 0.15) is 0 Å². The molecule has 0 aliphatic carbocycles. The third-order valence-corrected chi connectivity index (χ3v) is 5.99. The molecule has 0 unspecified atom stereocenters. The first-order chi connectivity index (χ1) is 13.0. The molecule has 0 heterocycles. The molecule has 2 aromatic rings. The molecule has 0 aliphatic heterocycles. The normalized spacial score (nSPS) is 10.5. The van der Waals surface area contributed by atoms with Gasteiger partial charge in [-0.2, -0.15) is 11.8 Å². The van der Waals surface area contributed by atoms with E-state index in [2.05, 4.69) is 36.5 Å². The van der Waals surface area contributed by atoms with Gasteiger partial charge in [-0.3, -0.25) is 9.59 Å². The maximum absolute atomic E-state index is 12.5. The molecule has 0 bridgehead atoms. The number of hydrogen-bond acceptors (Lipinski definition) is 4. The Morgan fingerprint density at radius 3 is 2.44 bits per heavy atom. The molecule has 0 atom stereocenters. The van der Waals surface area contributed by atoms with Gasteiger partial charge < -0.3 is 10.2 Å². The molecule has 4 nitrogen and oxygen atoms in total. The Balaban J connectivity index is 1.78. The molecule has 6 heteroatoms. The van der Waals surface area contributed by atoms with Gasteiger partial charge in [-0.1, -0.05) is 42.0 Å². The third-order valence-electron chi connectivity index (χ3n) is 3.90. The van der Waals surface area contributed by atoms with Crippen LogP contribution in [-0.4, -0.2) is 48.9 Å². The molecular formula is C21H26N2O2S2. The summed E-state index contributed by atoms with van der Waals surface area (Å²) in [5.41, 5.74) is 3.18. The minimum Gasteiger partial charge on any atom is -0.351 e. The quantitative estimate of drug-likeness (QED) is 0.511. The number of benzene rings is 2. The van der Waals surface area contributed by atoms with Crippen LogP contribution in [0, 0.1) is 6.92 Å². The summed E-state index contributed by atoms with van der Waals surface area (Å²) in [6.45, 7) is 2.70. The van der Waals surface area contributed by atoms with Crippen LogP contribution >= 0.6 is 23.5 Å². The van der Waals surface area contributed by atoms with Crippen LogP contribution in [-0.2, 0) is 10.5 Å². The van der Waals surface area contributed by atoms with E-state index in [0.717, 1.165) is 16.4 Å². The lowest BCUT2D eigenvalue weighted by atomic mass is 10.2. The van der Waals surface area contributed by atoms with Crippen LogP contribution in [0.5, 0.6) is 0 Å². The van der Waals surface area contributed by atoms with Crippen molar-refractivity contribution in [2.75, 3.05) is 32.1 Å². The predicted octanol–water partition coefficient (Wildman–Crippen LogP) is 3.84. The van der Waals surface area contributed by atoms with Gasteiger partial charge in [0.05, 0.1) is 11.3 Å². The van der Waals surface area contributed by atoms with E-state index in [0.29, 0.717) is 17.9 Å². The Morgan fingerprint density at radius 2 is 1.74 bits per heavy atom. The number of carbonyl (C=O) groups is 2. The maximum Gasteiger partial charge on any atom is 0.252 e. The molecule has 0 radical (unpaired) electrons. The lowest BCUT2D eigenvalue weighted by molar-refractivity contribution is -0.125. The minimum absolute atomic E-state index is 0.0303. The van der Waals surface area contributed by atoms with Crippen LogP contribution in [0.3, 0.4) is 0 Å². The minimum atomic E-state index is -0.0914. The van der Waals surface area contributed by atoms with E-state index < -0.39 is 0 Å². The molecule has 0 aromatic heterocycles. The Labute approximate surface area is 170 Å². The van der Waals surface area contributed by atoms with Crippen molar-refractivity contribution >= 4 is 35.3 Å². The van der Waals surface area contributed by atoms with Gasteiger partial charge in [0.15, 0.2) is 0 Å². The molecule has 0 aliphatic rings. The van der Waals surface area contributed by atoms with Gasteiger partial charge >= 0.3 is 0 Å². The van der Waals surface area contributed by atoms with Crippen molar-refractivity contribution in [3.8, 4) is 0 Å². The fourth-order valence-electron chi connectivity index (χ4n) is 2.25. The van der Waals surface area contributed by atoms with E-state index in [9.17, 15) is 9.59 Å². The second kappa shape index (κ2) is 11.0. The summed E-state index contributed by atoms with van der Waals surface area (Å²) >= 11 is 3.20. The molecule has 2 amide bonds. The molecule has 0 saturated heterocycles. The smallest absolute Gasteiger partial charge is 0.252 e. The van der Waals surface area contributed by atoms with E-state index in [1.807, 2.05) is 18.2 Å². The van der Waals surface area contributed by atoms with Crippen molar-refractivity contribution in [3.05, 3.63) is 65.2 Å². The zero-order valence-electron chi connectivity index (χ0n) is 16.0. The van der Waals surface area contributed by atoms with Crippen LogP contribution in [0.15, 0.2) is 53.4 Å². The lowest BCUT2D eigenvalue weighted by Crippen LogP contribution is -2.26. The van der Waals surface area contributed by atoms with Gasteiger partial charge in [-0.15, -0.1) is 11.8 Å². The third kappa shape index (κ3) is 7.31. The van der Waals surface area contributed by atoms with Gasteiger partial charge in [0, 0.05) is 37.0 Å². The summed E-state index contributed by atoms with van der Waals surface area (Å²) in [7, 11) is 3.46. The number of thioether (sulfide) groups is 2. The fourth-order valence-corrected chi connectivity index (χ4v) is 4.10. The van der Waals surface area contributed by atoms with Crippen molar-refractivity contribution in [2.24, 2.45) is 0 Å². The number of rotatable bonds is 9. The van der Waals surface area contributed by atoms with Crippen LogP contribution in [0.2, 0.25) is 0 Å². The van der Waals surface area contributed by atoms with Crippen molar-refractivity contribution in [1.82, 2.24) is 10.2 Å². The summed E-state index contributed by atoms with van der Waals surface area (Å²) in [5, 5.41) is 2.98. The summed E-state index contributed by atoms with van der Waals surface area (Å²) in [5.74, 6) is 2.06. The van der Waals surface area contributed by atoms with E-state index in [1.54, 1.807) is 36.8 Å². The molecule has 0 spiro atoms. The number of nitrogens with one attached hydrogen (secondary N) is 1. The highest BCUT2D eigenvalue weighted by Crippen LogP contribution is 2.23. The fraction of sp³-hybridized carbons (Fsp3) is 0.333. The molecule has 2 aromatic carbocycles.